The van der Waals surface area contributed by atoms with Crippen LogP contribution in [0.15, 0.2) is 94.7 Å². The third-order valence-corrected chi connectivity index (χ3v) is 6.43. The first-order valence-corrected chi connectivity index (χ1v) is 11.4. The van der Waals surface area contributed by atoms with Crippen molar-refractivity contribution in [3.8, 4) is 0 Å². The molecule has 0 atom stereocenters. The fraction of sp³-hybridized carbons (Fsp3) is 0.269. The number of Topliss-reactive ketones (excluding diaryl/α,β-unsaturated/α-hetero) is 1. The Labute approximate surface area is 208 Å². The van der Waals surface area contributed by atoms with Gasteiger partial charge in [-0.25, -0.2) is 0 Å². The molecule has 1 fully saturated rings. The van der Waals surface area contributed by atoms with Gasteiger partial charge in [0.05, 0.1) is 6.54 Å². The van der Waals surface area contributed by atoms with Crippen molar-refractivity contribution >= 4 is 42.4 Å². The van der Waals surface area contributed by atoms with E-state index in [0.717, 1.165) is 38.3 Å². The van der Waals surface area contributed by atoms with Crippen LogP contribution in [0.1, 0.15) is 11.1 Å². The molecule has 6 heteroatoms. The minimum Gasteiger partial charge on any atom is -0.298 e. The van der Waals surface area contributed by atoms with Gasteiger partial charge in [-0.2, -0.15) is 0 Å². The van der Waals surface area contributed by atoms with Gasteiger partial charge in [0.1, 0.15) is 0 Å². The highest BCUT2D eigenvalue weighted by Gasteiger charge is 2.19. The molecule has 3 aromatic carbocycles. The maximum atomic E-state index is 12.6. The summed E-state index contributed by atoms with van der Waals surface area (Å²) in [5.74, 6) is 0.301. The minimum atomic E-state index is 0. The topological polar surface area (TPSA) is 23.6 Å². The molecule has 0 saturated carbocycles. The van der Waals surface area contributed by atoms with Crippen molar-refractivity contribution in [2.24, 2.45) is 0 Å². The highest BCUT2D eigenvalue weighted by molar-refractivity contribution is 7.99. The predicted molar refractivity (Wildman–Crippen MR) is 138 cm³/mol. The van der Waals surface area contributed by atoms with Crippen LogP contribution in [0, 0.1) is 0 Å². The van der Waals surface area contributed by atoms with E-state index in [-0.39, 0.29) is 24.8 Å². The largest absolute Gasteiger partial charge is 0.298 e. The van der Waals surface area contributed by atoms with E-state index in [4.69, 9.17) is 0 Å². The first kappa shape index (κ1) is 26.4. The van der Waals surface area contributed by atoms with E-state index in [1.807, 2.05) is 6.07 Å². The van der Waals surface area contributed by atoms with Gasteiger partial charge in [-0.05, 0) is 35.4 Å². The third-order valence-electron chi connectivity index (χ3n) is 5.42. The van der Waals surface area contributed by atoms with Crippen molar-refractivity contribution < 1.29 is 4.79 Å². The molecule has 32 heavy (non-hydrogen) atoms. The molecule has 0 unspecified atom stereocenters. The standard InChI is InChI=1S/C26H28N2OS.2ClH/c29-24(19-22-11-13-26(14-12-22)30-25-9-5-2-6-10-25)21-28-17-15-27(16-18-28)20-23-7-3-1-4-8-23;;/h1-14H,15-21H2;2*1H. The van der Waals surface area contributed by atoms with Crippen LogP contribution >= 0.6 is 36.6 Å². The Morgan fingerprint density at radius 3 is 1.81 bits per heavy atom. The fourth-order valence-electron chi connectivity index (χ4n) is 3.78. The first-order valence-electron chi connectivity index (χ1n) is 10.6. The van der Waals surface area contributed by atoms with Gasteiger partial charge in [-0.1, -0.05) is 72.4 Å². The fourth-order valence-corrected chi connectivity index (χ4v) is 4.62. The Hall–Kier alpha value is -1.82. The van der Waals surface area contributed by atoms with Crippen LogP contribution in [0.25, 0.3) is 0 Å². The molecule has 1 aliphatic heterocycles. The summed E-state index contributed by atoms with van der Waals surface area (Å²) in [7, 11) is 0. The van der Waals surface area contributed by atoms with Crippen molar-refractivity contribution in [1.29, 1.82) is 0 Å². The van der Waals surface area contributed by atoms with Crippen molar-refractivity contribution in [3.05, 3.63) is 96.1 Å². The lowest BCUT2D eigenvalue weighted by Gasteiger charge is -2.34. The SMILES string of the molecule is Cl.Cl.O=C(Cc1ccc(Sc2ccccc2)cc1)CN1CCN(Cc2ccccc2)CC1. The van der Waals surface area contributed by atoms with Crippen molar-refractivity contribution in [2.75, 3.05) is 32.7 Å². The number of hydrogen-bond donors (Lipinski definition) is 0. The van der Waals surface area contributed by atoms with Crippen LogP contribution in [0.2, 0.25) is 0 Å². The molecule has 4 rings (SSSR count). The summed E-state index contributed by atoms with van der Waals surface area (Å²) >= 11 is 1.75. The summed E-state index contributed by atoms with van der Waals surface area (Å²) in [5, 5.41) is 0. The van der Waals surface area contributed by atoms with Crippen LogP contribution in [0.4, 0.5) is 0 Å². The second-order valence-electron chi connectivity index (χ2n) is 7.81. The van der Waals surface area contributed by atoms with E-state index < -0.39 is 0 Å². The molecule has 170 valence electrons. The molecule has 0 aromatic heterocycles. The summed E-state index contributed by atoms with van der Waals surface area (Å²) < 4.78 is 0. The molecular formula is C26H30Cl2N2OS. The molecule has 0 radical (unpaired) electrons. The number of rotatable bonds is 8. The second kappa shape index (κ2) is 13.7. The van der Waals surface area contributed by atoms with Gasteiger partial charge in [-0.3, -0.25) is 14.6 Å². The van der Waals surface area contributed by atoms with Gasteiger partial charge in [0, 0.05) is 48.9 Å². The summed E-state index contributed by atoms with van der Waals surface area (Å²) in [6, 6.07) is 29.4. The average Bonchev–Trinajstić information content (AvgIpc) is 2.78. The Morgan fingerprint density at radius 2 is 1.19 bits per heavy atom. The van der Waals surface area contributed by atoms with E-state index in [1.54, 1.807) is 11.8 Å². The molecule has 0 aliphatic carbocycles. The van der Waals surface area contributed by atoms with Crippen LogP contribution in [0.5, 0.6) is 0 Å². The van der Waals surface area contributed by atoms with Gasteiger partial charge in [0.15, 0.2) is 5.78 Å². The molecule has 0 spiro atoms. The van der Waals surface area contributed by atoms with Gasteiger partial charge in [-0.15, -0.1) is 24.8 Å². The van der Waals surface area contributed by atoms with Gasteiger partial charge < -0.3 is 0 Å². The van der Waals surface area contributed by atoms with E-state index >= 15 is 0 Å². The molecular weight excluding hydrogens is 459 g/mol. The van der Waals surface area contributed by atoms with Crippen LogP contribution in [-0.4, -0.2) is 48.3 Å². The van der Waals surface area contributed by atoms with Crippen molar-refractivity contribution in [1.82, 2.24) is 9.80 Å². The van der Waals surface area contributed by atoms with E-state index in [9.17, 15) is 4.79 Å². The normalized spacial score (nSPS) is 14.2. The lowest BCUT2D eigenvalue weighted by molar-refractivity contribution is -0.120. The monoisotopic (exact) mass is 488 g/mol. The summed E-state index contributed by atoms with van der Waals surface area (Å²) in [6.07, 6.45) is 0.514. The maximum absolute atomic E-state index is 12.6. The lowest BCUT2D eigenvalue weighted by atomic mass is 10.1. The zero-order valence-electron chi connectivity index (χ0n) is 18.1. The number of carbonyl (C=O) groups is 1. The number of halogens is 2. The van der Waals surface area contributed by atoms with E-state index in [1.165, 1.54) is 15.4 Å². The third kappa shape index (κ3) is 8.27. The molecule has 3 aromatic rings. The van der Waals surface area contributed by atoms with Crippen LogP contribution in [-0.2, 0) is 17.8 Å². The highest BCUT2D eigenvalue weighted by atomic mass is 35.5. The van der Waals surface area contributed by atoms with Gasteiger partial charge >= 0.3 is 0 Å². The Morgan fingerprint density at radius 1 is 0.656 bits per heavy atom. The second-order valence-corrected chi connectivity index (χ2v) is 8.96. The number of piperazine rings is 1. The molecule has 1 saturated heterocycles. The number of carbonyl (C=O) groups excluding carboxylic acids is 1. The van der Waals surface area contributed by atoms with Gasteiger partial charge in [0.25, 0.3) is 0 Å². The van der Waals surface area contributed by atoms with Crippen LogP contribution < -0.4 is 0 Å². The first-order chi connectivity index (χ1) is 14.7. The average molecular weight is 490 g/mol. The van der Waals surface area contributed by atoms with Crippen molar-refractivity contribution in [3.63, 3.8) is 0 Å². The summed E-state index contributed by atoms with van der Waals surface area (Å²) in [5.41, 5.74) is 2.45. The lowest BCUT2D eigenvalue weighted by Crippen LogP contribution is -2.47. The maximum Gasteiger partial charge on any atom is 0.151 e. The zero-order chi connectivity index (χ0) is 20.6. The van der Waals surface area contributed by atoms with E-state index in [0.29, 0.717) is 18.7 Å². The Bertz CT molecular complexity index is 931. The molecule has 0 N–H and O–H groups in total. The molecule has 1 heterocycles. The van der Waals surface area contributed by atoms with E-state index in [2.05, 4.69) is 88.7 Å². The summed E-state index contributed by atoms with van der Waals surface area (Å²) in [4.78, 5) is 19.8. The number of benzene rings is 3. The minimum absolute atomic E-state index is 0. The zero-order valence-corrected chi connectivity index (χ0v) is 20.5. The Kier molecular flexibility index (Phi) is 11.3. The highest BCUT2D eigenvalue weighted by Crippen LogP contribution is 2.27. The molecule has 1 aliphatic rings. The number of ketones is 1. The number of hydrogen-bond acceptors (Lipinski definition) is 4. The molecule has 0 amide bonds. The molecule has 0 bridgehead atoms. The quantitative estimate of drug-likeness (QED) is 0.410. The summed E-state index contributed by atoms with van der Waals surface area (Å²) in [6.45, 7) is 5.52. The Balaban J connectivity index is 0.00000181. The predicted octanol–water partition coefficient (Wildman–Crippen LogP) is 5.61. The number of nitrogens with zero attached hydrogens (tertiary/aromatic N) is 2. The van der Waals surface area contributed by atoms with Crippen molar-refractivity contribution in [2.45, 2.75) is 22.8 Å². The smallest absolute Gasteiger partial charge is 0.151 e. The van der Waals surface area contributed by atoms with Gasteiger partial charge in [0.2, 0.25) is 0 Å². The van der Waals surface area contributed by atoms with Crippen LogP contribution in [0.3, 0.4) is 0 Å². The molecule has 3 nitrogen and oxygen atoms in total.